The van der Waals surface area contributed by atoms with Crippen LogP contribution in [0.2, 0.25) is 0 Å². The first-order valence-corrected chi connectivity index (χ1v) is 5.98. The number of ether oxygens (including phenoxy) is 2. The van der Waals surface area contributed by atoms with Crippen LogP contribution in [-0.2, 0) is 0 Å². The van der Waals surface area contributed by atoms with Gasteiger partial charge in [-0.2, -0.15) is 0 Å². The highest BCUT2D eigenvalue weighted by Gasteiger charge is 2.13. The number of ketones is 1. The van der Waals surface area contributed by atoms with Crippen LogP contribution in [0.3, 0.4) is 0 Å². The van der Waals surface area contributed by atoms with E-state index in [1.165, 1.54) is 14.2 Å². The summed E-state index contributed by atoms with van der Waals surface area (Å²) in [6.07, 6.45) is 0. The molecular weight excluding hydrogens is 256 g/mol. The van der Waals surface area contributed by atoms with E-state index in [0.717, 1.165) is 0 Å². The van der Waals surface area contributed by atoms with E-state index in [-0.39, 0.29) is 5.78 Å². The summed E-state index contributed by atoms with van der Waals surface area (Å²) < 4.78 is 10.2. The molecule has 0 spiro atoms. The summed E-state index contributed by atoms with van der Waals surface area (Å²) in [6.45, 7) is 0. The Morgan fingerprint density at radius 1 is 0.850 bits per heavy atom. The molecular formula is C15H16N2O3. The van der Waals surface area contributed by atoms with Crippen molar-refractivity contribution in [1.29, 1.82) is 0 Å². The average molecular weight is 272 g/mol. The Morgan fingerprint density at radius 3 is 1.60 bits per heavy atom. The Hall–Kier alpha value is -2.69. The number of carbonyl (C=O) groups is 1. The third-order valence-electron chi connectivity index (χ3n) is 2.99. The van der Waals surface area contributed by atoms with E-state index in [2.05, 4.69) is 0 Å². The molecule has 0 saturated heterocycles. The number of anilines is 2. The summed E-state index contributed by atoms with van der Waals surface area (Å²) >= 11 is 0. The molecule has 0 saturated carbocycles. The highest BCUT2D eigenvalue weighted by atomic mass is 16.5. The molecule has 5 nitrogen and oxygen atoms in total. The fourth-order valence-corrected chi connectivity index (χ4v) is 1.87. The van der Waals surface area contributed by atoms with Gasteiger partial charge in [0, 0.05) is 11.1 Å². The van der Waals surface area contributed by atoms with E-state index >= 15 is 0 Å². The highest BCUT2D eigenvalue weighted by molar-refractivity contribution is 6.09. The highest BCUT2D eigenvalue weighted by Crippen LogP contribution is 2.26. The summed E-state index contributed by atoms with van der Waals surface area (Å²) in [5.74, 6) is 0.790. The van der Waals surface area contributed by atoms with Gasteiger partial charge in [0.25, 0.3) is 0 Å². The topological polar surface area (TPSA) is 87.6 Å². The third kappa shape index (κ3) is 2.51. The molecule has 0 aliphatic rings. The summed E-state index contributed by atoms with van der Waals surface area (Å²) in [7, 11) is 3.01. The largest absolute Gasteiger partial charge is 0.495 e. The van der Waals surface area contributed by atoms with Crippen LogP contribution >= 0.6 is 0 Å². The van der Waals surface area contributed by atoms with Crippen molar-refractivity contribution in [2.24, 2.45) is 0 Å². The van der Waals surface area contributed by atoms with Crippen LogP contribution in [0.4, 0.5) is 11.4 Å². The predicted octanol–water partition coefficient (Wildman–Crippen LogP) is 2.10. The molecule has 0 radical (unpaired) electrons. The number of methoxy groups -OCH3 is 2. The lowest BCUT2D eigenvalue weighted by atomic mass is 10.0. The van der Waals surface area contributed by atoms with Gasteiger partial charge in [-0.1, -0.05) is 0 Å². The van der Waals surface area contributed by atoms with Crippen molar-refractivity contribution in [2.75, 3.05) is 25.7 Å². The molecule has 0 amide bonds. The molecule has 5 heteroatoms. The summed E-state index contributed by atoms with van der Waals surface area (Å²) in [4.78, 5) is 12.4. The molecule has 2 rings (SSSR count). The maximum atomic E-state index is 12.4. The van der Waals surface area contributed by atoms with Crippen molar-refractivity contribution in [2.45, 2.75) is 0 Å². The Bertz CT molecular complexity index is 598. The monoisotopic (exact) mass is 272 g/mol. The Balaban J connectivity index is 2.41. The molecule has 0 heterocycles. The van der Waals surface area contributed by atoms with E-state index in [1.54, 1.807) is 36.4 Å². The first-order valence-electron chi connectivity index (χ1n) is 5.98. The standard InChI is InChI=1S/C15H16N2O3/c1-19-13-7-9(3-5-11(13)16)15(18)10-4-6-12(17)14(8-10)20-2/h3-8H,16-17H2,1-2H3. The minimum Gasteiger partial charge on any atom is -0.495 e. The number of hydrogen-bond donors (Lipinski definition) is 2. The van der Waals surface area contributed by atoms with Gasteiger partial charge in [-0.05, 0) is 36.4 Å². The van der Waals surface area contributed by atoms with Gasteiger partial charge >= 0.3 is 0 Å². The van der Waals surface area contributed by atoms with E-state index in [0.29, 0.717) is 34.0 Å². The maximum absolute atomic E-state index is 12.4. The number of rotatable bonds is 4. The zero-order valence-corrected chi connectivity index (χ0v) is 11.3. The lowest BCUT2D eigenvalue weighted by Crippen LogP contribution is -2.04. The summed E-state index contributed by atoms with van der Waals surface area (Å²) in [6, 6.07) is 9.81. The van der Waals surface area contributed by atoms with Crippen molar-refractivity contribution in [1.82, 2.24) is 0 Å². The van der Waals surface area contributed by atoms with Gasteiger partial charge in [-0.25, -0.2) is 0 Å². The van der Waals surface area contributed by atoms with Crippen molar-refractivity contribution in [3.05, 3.63) is 47.5 Å². The first-order chi connectivity index (χ1) is 9.56. The van der Waals surface area contributed by atoms with Crippen LogP contribution in [0.25, 0.3) is 0 Å². The van der Waals surface area contributed by atoms with Gasteiger partial charge < -0.3 is 20.9 Å². The maximum Gasteiger partial charge on any atom is 0.193 e. The Kier molecular flexibility index (Phi) is 3.79. The minimum absolute atomic E-state index is 0.151. The van der Waals surface area contributed by atoms with E-state index in [4.69, 9.17) is 20.9 Å². The quantitative estimate of drug-likeness (QED) is 0.657. The molecule has 0 atom stereocenters. The summed E-state index contributed by atoms with van der Waals surface area (Å²) in [5, 5.41) is 0. The molecule has 0 aliphatic carbocycles. The Labute approximate surface area is 117 Å². The molecule has 104 valence electrons. The second-order valence-corrected chi connectivity index (χ2v) is 4.24. The van der Waals surface area contributed by atoms with E-state index < -0.39 is 0 Å². The average Bonchev–Trinajstić information content (AvgIpc) is 2.47. The van der Waals surface area contributed by atoms with Gasteiger partial charge in [0.2, 0.25) is 0 Å². The van der Waals surface area contributed by atoms with Gasteiger partial charge in [0.05, 0.1) is 25.6 Å². The van der Waals surface area contributed by atoms with Gasteiger partial charge in [-0.15, -0.1) is 0 Å². The Morgan fingerprint density at radius 2 is 1.25 bits per heavy atom. The molecule has 4 N–H and O–H groups in total. The minimum atomic E-state index is -0.151. The van der Waals surface area contributed by atoms with Crippen LogP contribution < -0.4 is 20.9 Å². The first kappa shape index (κ1) is 13.7. The molecule has 2 aromatic carbocycles. The van der Waals surface area contributed by atoms with Crippen LogP contribution in [0.15, 0.2) is 36.4 Å². The second-order valence-electron chi connectivity index (χ2n) is 4.24. The third-order valence-corrected chi connectivity index (χ3v) is 2.99. The summed E-state index contributed by atoms with van der Waals surface area (Å²) in [5.41, 5.74) is 13.4. The number of nitrogen functional groups attached to an aromatic ring is 2. The van der Waals surface area contributed by atoms with Gasteiger partial charge in [0.15, 0.2) is 5.78 Å². The molecule has 20 heavy (non-hydrogen) atoms. The van der Waals surface area contributed by atoms with Gasteiger partial charge in [-0.3, -0.25) is 4.79 Å². The van der Waals surface area contributed by atoms with Crippen LogP contribution in [0.1, 0.15) is 15.9 Å². The van der Waals surface area contributed by atoms with Crippen LogP contribution in [0, 0.1) is 0 Å². The number of nitrogens with two attached hydrogens (primary N) is 2. The lowest BCUT2D eigenvalue weighted by molar-refractivity contribution is 0.103. The number of benzene rings is 2. The van der Waals surface area contributed by atoms with Crippen LogP contribution in [0.5, 0.6) is 11.5 Å². The fourth-order valence-electron chi connectivity index (χ4n) is 1.87. The van der Waals surface area contributed by atoms with Crippen molar-refractivity contribution in [3.63, 3.8) is 0 Å². The predicted molar refractivity (Wildman–Crippen MR) is 78.2 cm³/mol. The molecule has 0 fully saturated rings. The van der Waals surface area contributed by atoms with E-state index in [9.17, 15) is 4.79 Å². The molecule has 0 bridgehead atoms. The zero-order chi connectivity index (χ0) is 14.7. The lowest BCUT2D eigenvalue weighted by Gasteiger charge is -2.09. The van der Waals surface area contributed by atoms with Crippen molar-refractivity contribution in [3.8, 4) is 11.5 Å². The molecule has 0 unspecified atom stereocenters. The SMILES string of the molecule is COc1cc(C(=O)c2ccc(N)c(OC)c2)ccc1N. The van der Waals surface area contributed by atoms with E-state index in [1.807, 2.05) is 0 Å². The van der Waals surface area contributed by atoms with Crippen molar-refractivity contribution < 1.29 is 14.3 Å². The molecule has 0 aromatic heterocycles. The second kappa shape index (κ2) is 5.52. The smallest absolute Gasteiger partial charge is 0.193 e. The van der Waals surface area contributed by atoms with Crippen molar-refractivity contribution >= 4 is 17.2 Å². The molecule has 0 aliphatic heterocycles. The normalized spacial score (nSPS) is 10.1. The number of carbonyl (C=O) groups excluding carboxylic acids is 1. The van der Waals surface area contributed by atoms with Gasteiger partial charge in [0.1, 0.15) is 11.5 Å². The number of hydrogen-bond acceptors (Lipinski definition) is 5. The van der Waals surface area contributed by atoms with Crippen LogP contribution in [-0.4, -0.2) is 20.0 Å². The molecule has 2 aromatic rings. The zero-order valence-electron chi connectivity index (χ0n) is 11.3. The fraction of sp³-hybridized carbons (Fsp3) is 0.133.